The second-order valence-corrected chi connectivity index (χ2v) is 8.10. The second-order valence-electron chi connectivity index (χ2n) is 8.10. The van der Waals surface area contributed by atoms with E-state index in [1.165, 1.54) is 24.3 Å². The number of benzene rings is 3. The van der Waals surface area contributed by atoms with Crippen LogP contribution in [0.1, 0.15) is 31.8 Å². The highest BCUT2D eigenvalue weighted by atomic mass is 19.1. The van der Waals surface area contributed by atoms with E-state index in [2.05, 4.69) is 15.6 Å². The molecule has 2 amide bonds. The van der Waals surface area contributed by atoms with Crippen molar-refractivity contribution in [2.24, 2.45) is 0 Å². The topological polar surface area (TPSA) is 132 Å². The number of aromatic nitrogens is 1. The van der Waals surface area contributed by atoms with Crippen molar-refractivity contribution in [1.29, 1.82) is 0 Å². The van der Waals surface area contributed by atoms with Crippen molar-refractivity contribution in [2.75, 3.05) is 0 Å². The lowest BCUT2D eigenvalue weighted by Gasteiger charge is -2.15. The van der Waals surface area contributed by atoms with E-state index in [4.69, 9.17) is 0 Å². The first kappa shape index (κ1) is 24.4. The normalized spacial score (nSPS) is 11.7. The van der Waals surface area contributed by atoms with Crippen molar-refractivity contribution in [1.82, 2.24) is 15.6 Å². The molecule has 36 heavy (non-hydrogen) atoms. The minimum atomic E-state index is -1.43. The number of carbonyl (C=O) groups is 3. The van der Waals surface area contributed by atoms with Gasteiger partial charge < -0.3 is 25.8 Å². The largest absolute Gasteiger partial charge is 0.508 e. The molecule has 1 aromatic heterocycles. The van der Waals surface area contributed by atoms with E-state index in [1.54, 1.807) is 18.3 Å². The van der Waals surface area contributed by atoms with E-state index in [1.807, 2.05) is 12.1 Å². The molecule has 0 unspecified atom stereocenters. The summed E-state index contributed by atoms with van der Waals surface area (Å²) in [6, 6.07) is 13.1. The van der Waals surface area contributed by atoms with E-state index < -0.39 is 41.0 Å². The van der Waals surface area contributed by atoms with Crippen LogP contribution in [0.3, 0.4) is 0 Å². The average Bonchev–Trinajstić information content (AvgIpc) is 3.24. The van der Waals surface area contributed by atoms with Crippen LogP contribution in [0.5, 0.6) is 5.75 Å². The first-order valence-electron chi connectivity index (χ1n) is 10.9. The summed E-state index contributed by atoms with van der Waals surface area (Å²) in [4.78, 5) is 39.6. The third-order valence-electron chi connectivity index (χ3n) is 5.59. The SMILES string of the molecule is O=C(NCc1cc(F)c(C(=O)N[C@@H](Cc2c[nH]c3ccccc23)C(=O)O)c(F)c1)c1cccc(O)c1. The summed E-state index contributed by atoms with van der Waals surface area (Å²) in [6.45, 7) is -0.247. The molecule has 0 aliphatic carbocycles. The third-order valence-corrected chi connectivity index (χ3v) is 5.59. The molecule has 8 nitrogen and oxygen atoms in total. The Bertz CT molecular complexity index is 1440. The van der Waals surface area contributed by atoms with Gasteiger partial charge in [0.2, 0.25) is 0 Å². The van der Waals surface area contributed by atoms with E-state index in [9.17, 15) is 33.4 Å². The van der Waals surface area contributed by atoms with Gasteiger partial charge in [-0.15, -0.1) is 0 Å². The van der Waals surface area contributed by atoms with Crippen LogP contribution >= 0.6 is 0 Å². The fourth-order valence-corrected chi connectivity index (χ4v) is 3.83. The second kappa shape index (κ2) is 10.3. The summed E-state index contributed by atoms with van der Waals surface area (Å²) < 4.78 is 29.4. The van der Waals surface area contributed by atoms with Gasteiger partial charge in [0.15, 0.2) is 0 Å². The molecule has 0 aliphatic rings. The zero-order chi connectivity index (χ0) is 25.8. The smallest absolute Gasteiger partial charge is 0.326 e. The van der Waals surface area contributed by atoms with Crippen LogP contribution < -0.4 is 10.6 Å². The van der Waals surface area contributed by atoms with E-state index in [0.29, 0.717) is 5.56 Å². The molecule has 0 bridgehead atoms. The molecular weight excluding hydrogens is 472 g/mol. The number of hydrogen-bond donors (Lipinski definition) is 5. The molecule has 0 spiro atoms. The number of aromatic hydroxyl groups is 1. The number of hydrogen-bond acceptors (Lipinski definition) is 4. The van der Waals surface area contributed by atoms with Crippen LogP contribution in [-0.4, -0.2) is 39.0 Å². The molecule has 1 atom stereocenters. The van der Waals surface area contributed by atoms with Gasteiger partial charge in [-0.1, -0.05) is 24.3 Å². The monoisotopic (exact) mass is 493 g/mol. The summed E-state index contributed by atoms with van der Waals surface area (Å²) in [5.74, 6) is -5.67. The van der Waals surface area contributed by atoms with Crippen molar-refractivity contribution in [3.63, 3.8) is 0 Å². The van der Waals surface area contributed by atoms with Gasteiger partial charge in [-0.05, 0) is 47.5 Å². The Morgan fingerprint density at radius 2 is 1.67 bits per heavy atom. The molecule has 0 aliphatic heterocycles. The predicted molar refractivity (Wildman–Crippen MR) is 127 cm³/mol. The maximum absolute atomic E-state index is 14.7. The van der Waals surface area contributed by atoms with Crippen molar-refractivity contribution < 1.29 is 33.4 Å². The molecule has 10 heteroatoms. The number of aromatic amines is 1. The van der Waals surface area contributed by atoms with Crippen LogP contribution in [0.2, 0.25) is 0 Å². The van der Waals surface area contributed by atoms with Gasteiger partial charge in [0, 0.05) is 35.6 Å². The number of phenolic OH excluding ortho intramolecular Hbond substituents is 1. The highest BCUT2D eigenvalue weighted by molar-refractivity contribution is 5.97. The van der Waals surface area contributed by atoms with Crippen LogP contribution in [0.4, 0.5) is 8.78 Å². The summed E-state index contributed by atoms with van der Waals surface area (Å²) in [5, 5.41) is 24.5. The number of amides is 2. The number of carboxylic acid groups (broad SMARTS) is 1. The molecule has 4 aromatic rings. The molecule has 0 radical (unpaired) electrons. The molecule has 3 aromatic carbocycles. The predicted octanol–water partition coefficient (Wildman–Crippen LogP) is 3.51. The lowest BCUT2D eigenvalue weighted by atomic mass is 10.0. The molecule has 184 valence electrons. The van der Waals surface area contributed by atoms with E-state index in [-0.39, 0.29) is 29.8 Å². The van der Waals surface area contributed by atoms with Crippen LogP contribution in [0.15, 0.2) is 66.9 Å². The molecule has 0 saturated heterocycles. The van der Waals surface area contributed by atoms with E-state index in [0.717, 1.165) is 23.0 Å². The fraction of sp³-hybridized carbons (Fsp3) is 0.115. The molecule has 0 saturated carbocycles. The van der Waals surface area contributed by atoms with Gasteiger partial charge in [-0.25, -0.2) is 13.6 Å². The van der Waals surface area contributed by atoms with Crippen LogP contribution in [0.25, 0.3) is 10.9 Å². The number of aliphatic carboxylic acids is 1. The maximum atomic E-state index is 14.7. The van der Waals surface area contributed by atoms with Gasteiger partial charge >= 0.3 is 5.97 Å². The summed E-state index contributed by atoms with van der Waals surface area (Å²) in [5.41, 5.74) is 0.678. The number of nitrogens with one attached hydrogen (secondary N) is 3. The Labute approximate surface area is 203 Å². The number of rotatable bonds is 8. The average molecular weight is 493 g/mol. The van der Waals surface area contributed by atoms with Crippen LogP contribution in [0, 0.1) is 11.6 Å². The summed E-state index contributed by atoms with van der Waals surface area (Å²) >= 11 is 0. The summed E-state index contributed by atoms with van der Waals surface area (Å²) in [6.07, 6.45) is 1.52. The molecule has 4 rings (SSSR count). The quantitative estimate of drug-likeness (QED) is 0.256. The Kier molecular flexibility index (Phi) is 6.95. The minimum Gasteiger partial charge on any atom is -0.508 e. The third kappa shape index (κ3) is 5.33. The van der Waals surface area contributed by atoms with Gasteiger partial charge in [-0.2, -0.15) is 0 Å². The number of carboxylic acids is 1. The number of halogens is 2. The fourth-order valence-electron chi connectivity index (χ4n) is 3.83. The number of fused-ring (bicyclic) bond motifs is 1. The van der Waals surface area contributed by atoms with Crippen molar-refractivity contribution >= 4 is 28.7 Å². The van der Waals surface area contributed by atoms with Gasteiger partial charge in [-0.3, -0.25) is 9.59 Å². The number of H-pyrrole nitrogens is 1. The molecular formula is C26H21F2N3O5. The number of carbonyl (C=O) groups excluding carboxylic acids is 2. The van der Waals surface area contributed by atoms with Crippen molar-refractivity contribution in [3.05, 3.63) is 101 Å². The van der Waals surface area contributed by atoms with E-state index >= 15 is 0 Å². The molecule has 0 fully saturated rings. The van der Waals surface area contributed by atoms with Gasteiger partial charge in [0.05, 0.1) is 0 Å². The first-order chi connectivity index (χ1) is 17.2. The van der Waals surface area contributed by atoms with Crippen molar-refractivity contribution in [2.45, 2.75) is 19.0 Å². The van der Waals surface area contributed by atoms with Gasteiger partial charge in [0.25, 0.3) is 11.8 Å². The zero-order valence-electron chi connectivity index (χ0n) is 18.7. The molecule has 5 N–H and O–H groups in total. The Balaban J connectivity index is 1.46. The number of phenols is 1. The van der Waals surface area contributed by atoms with Crippen LogP contribution in [-0.2, 0) is 17.8 Å². The first-order valence-corrected chi connectivity index (χ1v) is 10.9. The zero-order valence-corrected chi connectivity index (χ0v) is 18.7. The highest BCUT2D eigenvalue weighted by Crippen LogP contribution is 2.20. The Morgan fingerprint density at radius 1 is 0.944 bits per heavy atom. The standard InChI is InChI=1S/C26H21F2N3O5/c27-19-8-14(12-30-24(33)15-4-3-5-17(32)10-15)9-20(28)23(19)25(34)31-22(26(35)36)11-16-13-29-21-7-2-1-6-18(16)21/h1-10,13,22,29,32H,11-12H2,(H,30,33)(H,31,34)(H,35,36)/t22-/m0/s1. The lowest BCUT2D eigenvalue weighted by Crippen LogP contribution is -2.43. The lowest BCUT2D eigenvalue weighted by molar-refractivity contribution is -0.139. The van der Waals surface area contributed by atoms with Gasteiger partial charge in [0.1, 0.15) is 29.0 Å². The number of para-hydroxylation sites is 1. The minimum absolute atomic E-state index is 0.0450. The Hall–Kier alpha value is -4.73. The highest BCUT2D eigenvalue weighted by Gasteiger charge is 2.26. The summed E-state index contributed by atoms with van der Waals surface area (Å²) in [7, 11) is 0. The van der Waals surface area contributed by atoms with Crippen molar-refractivity contribution in [3.8, 4) is 5.75 Å². The molecule has 1 heterocycles. The Morgan fingerprint density at radius 3 is 2.36 bits per heavy atom. The maximum Gasteiger partial charge on any atom is 0.326 e.